The van der Waals surface area contributed by atoms with Crippen LogP contribution in [0, 0.1) is 0 Å². The van der Waals surface area contributed by atoms with Crippen molar-refractivity contribution in [2.24, 2.45) is 0 Å². The van der Waals surface area contributed by atoms with Gasteiger partial charge < -0.3 is 50.1 Å². The van der Waals surface area contributed by atoms with Crippen LogP contribution in [0.25, 0.3) is 11.2 Å². The lowest BCUT2D eigenvalue weighted by molar-refractivity contribution is -0.765. The fourth-order valence-corrected chi connectivity index (χ4v) is 7.58. The zero-order valence-electron chi connectivity index (χ0n) is 24.4. The monoisotopic (exact) mass is 743 g/mol. The lowest BCUT2D eigenvalue weighted by atomic mass is 10.1. The van der Waals surface area contributed by atoms with Crippen molar-refractivity contribution in [1.82, 2.24) is 19.5 Å². The van der Waals surface area contributed by atoms with Crippen LogP contribution in [0.1, 0.15) is 29.7 Å². The smallest absolute Gasteiger partial charge is 0.387 e. The van der Waals surface area contributed by atoms with Gasteiger partial charge in [-0.15, -0.1) is 0 Å². The molecule has 3 aromatic heterocycles. The van der Waals surface area contributed by atoms with Gasteiger partial charge in [-0.05, 0) is 13.0 Å². The molecule has 48 heavy (non-hydrogen) atoms. The highest BCUT2D eigenvalue weighted by atomic mass is 31.3. The van der Waals surface area contributed by atoms with Gasteiger partial charge >= 0.3 is 23.5 Å². The van der Waals surface area contributed by atoms with Gasteiger partial charge in [0.25, 0.3) is 6.23 Å². The molecule has 0 radical (unpaired) electrons. The lowest BCUT2D eigenvalue weighted by Crippen LogP contribution is -2.46. The van der Waals surface area contributed by atoms with Crippen molar-refractivity contribution in [3.8, 4) is 0 Å². The first-order valence-electron chi connectivity index (χ1n) is 13.6. The number of carbonyl (C=O) groups is 1. The van der Waals surface area contributed by atoms with Crippen LogP contribution in [-0.2, 0) is 41.1 Å². The van der Waals surface area contributed by atoms with E-state index in [0.717, 1.165) is 17.2 Å². The summed E-state index contributed by atoms with van der Waals surface area (Å²) in [5.74, 6) is -0.328. The van der Waals surface area contributed by atoms with Crippen molar-refractivity contribution in [3.63, 3.8) is 0 Å². The number of nitrogens with two attached hydrogens (primary N) is 1. The van der Waals surface area contributed by atoms with Gasteiger partial charge in [0.05, 0.1) is 25.1 Å². The number of ketones is 1. The first kappa shape index (κ1) is 36.6. The molecule has 2 unspecified atom stereocenters. The molecular weight excluding hydrogens is 713 g/mol. The third-order valence-electron chi connectivity index (χ3n) is 7.10. The number of aliphatic hydroxyl groups excluding tert-OH is 3. The van der Waals surface area contributed by atoms with Crippen molar-refractivity contribution in [1.29, 1.82) is 0 Å². The number of aliphatic hydroxyl groups is 3. The number of carbonyl (C=O) groups excluding carboxylic acids is 1. The number of anilines is 1. The second-order valence-electron chi connectivity index (χ2n) is 10.5. The molecule has 2 saturated heterocycles. The number of imidazole rings is 1. The molecule has 264 valence electrons. The van der Waals surface area contributed by atoms with Gasteiger partial charge in [-0.1, -0.05) is 0 Å². The minimum atomic E-state index is -5.55. The maximum Gasteiger partial charge on any atom is 0.481 e. The first-order valence-corrected chi connectivity index (χ1v) is 18.1. The van der Waals surface area contributed by atoms with Gasteiger partial charge in [0.2, 0.25) is 0 Å². The van der Waals surface area contributed by atoms with Crippen molar-refractivity contribution in [3.05, 3.63) is 42.7 Å². The SMILES string of the molecule is CC(=O)c1ccc[n+]([C@@H]2O[C@H](COP(=O)(O)OP(=O)(O)OC[C@@H]3O[C@H](n4cnc5c(N)ncnc54)[C@H](O)[C@@H]3OP(=O)(O)O)[C@H](O)[C@H]2O)c1. The highest BCUT2D eigenvalue weighted by Crippen LogP contribution is 2.61. The summed E-state index contributed by atoms with van der Waals surface area (Å²) in [6.45, 7) is -0.741. The predicted octanol–water partition coefficient (Wildman–Crippen LogP) is -1.80. The molecule has 2 aliphatic heterocycles. The summed E-state index contributed by atoms with van der Waals surface area (Å²) in [7, 11) is -16.3. The van der Waals surface area contributed by atoms with Crippen LogP contribution in [0.3, 0.4) is 0 Å². The molecule has 9 N–H and O–H groups in total. The largest absolute Gasteiger partial charge is 0.481 e. The number of nitrogen functional groups attached to an aromatic ring is 1. The topological polar surface area (TPSA) is 339 Å². The number of ether oxygens (including phenoxy) is 2. The maximum atomic E-state index is 12.6. The molecule has 10 atom stereocenters. The van der Waals surface area contributed by atoms with Crippen LogP contribution in [0.4, 0.5) is 5.82 Å². The summed E-state index contributed by atoms with van der Waals surface area (Å²) in [5, 5.41) is 31.7. The minimum absolute atomic E-state index is 0.0357. The molecule has 3 aromatic rings. The molecule has 0 aromatic carbocycles. The van der Waals surface area contributed by atoms with E-state index < -0.39 is 85.8 Å². The highest BCUT2D eigenvalue weighted by molar-refractivity contribution is 7.61. The molecule has 5 heterocycles. The summed E-state index contributed by atoms with van der Waals surface area (Å²) in [6, 6.07) is 2.99. The highest BCUT2D eigenvalue weighted by Gasteiger charge is 2.51. The zero-order chi connectivity index (χ0) is 35.2. The number of Topliss-reactive ketones (excluding diaryl/α,β-unsaturated/α-hetero) is 1. The molecular formula is C22H30N6O17P3+. The number of rotatable bonds is 13. The Kier molecular flexibility index (Phi) is 10.6. The number of hydrogen-bond acceptors (Lipinski definition) is 17. The Labute approximate surface area is 268 Å². The van der Waals surface area contributed by atoms with E-state index in [-0.39, 0.29) is 28.3 Å². The molecule has 26 heteroatoms. The average molecular weight is 743 g/mol. The Balaban J connectivity index is 1.22. The van der Waals surface area contributed by atoms with E-state index in [1.807, 2.05) is 0 Å². The fraction of sp³-hybridized carbons (Fsp3) is 0.500. The summed E-state index contributed by atoms with van der Waals surface area (Å²) >= 11 is 0. The van der Waals surface area contributed by atoms with Crippen molar-refractivity contribution >= 4 is 46.2 Å². The molecule has 2 aliphatic rings. The predicted molar refractivity (Wildman–Crippen MR) is 152 cm³/mol. The third-order valence-corrected chi connectivity index (χ3v) is 10.2. The standard InChI is InChI=1S/C22H29N6O17P3/c1-10(29)11-3-2-4-27(5-11)21-16(31)15(30)12(42-21)6-40-47(36,37)45-48(38,39)41-7-13-18(44-46(33,34)35)17(32)22(43-13)28-9-26-14-19(23)24-8-25-20(14)28/h2-5,8-9,12-13,15-18,21-22,30-32H,6-7H2,1H3,(H5-,23,24,25,33,34,35,36,37,38,39)/p+1/t12-,13+,15+,16-,17-,18-,21-,22+/m1/s1. The molecule has 5 rings (SSSR count). The number of hydrogen-bond donors (Lipinski definition) is 8. The number of nitrogens with zero attached hydrogens (tertiary/aromatic N) is 5. The maximum absolute atomic E-state index is 12.6. The lowest BCUT2D eigenvalue weighted by Gasteiger charge is -2.22. The molecule has 2 fully saturated rings. The van der Waals surface area contributed by atoms with Crippen LogP contribution >= 0.6 is 23.5 Å². The van der Waals surface area contributed by atoms with E-state index in [0.29, 0.717) is 0 Å². The molecule has 0 aliphatic carbocycles. The summed E-state index contributed by atoms with van der Waals surface area (Å²) in [4.78, 5) is 62.4. The van der Waals surface area contributed by atoms with E-state index >= 15 is 0 Å². The molecule has 0 spiro atoms. The van der Waals surface area contributed by atoms with Gasteiger partial charge in [-0.25, -0.2) is 28.6 Å². The molecule has 0 amide bonds. The van der Waals surface area contributed by atoms with Crippen molar-refractivity contribution in [2.45, 2.75) is 56.0 Å². The summed E-state index contributed by atoms with van der Waals surface area (Å²) < 4.78 is 68.6. The van der Waals surface area contributed by atoms with E-state index in [2.05, 4.69) is 23.8 Å². The van der Waals surface area contributed by atoms with Crippen LogP contribution in [0.5, 0.6) is 0 Å². The number of fused-ring (bicyclic) bond motifs is 1. The van der Waals surface area contributed by atoms with Gasteiger partial charge in [-0.3, -0.25) is 22.9 Å². The Bertz CT molecular complexity index is 1810. The summed E-state index contributed by atoms with van der Waals surface area (Å²) in [5.41, 5.74) is 6.15. The van der Waals surface area contributed by atoms with Crippen LogP contribution in [0.15, 0.2) is 37.2 Å². The molecule has 23 nitrogen and oxygen atoms in total. The number of phosphoric acid groups is 3. The van der Waals surface area contributed by atoms with E-state index in [1.165, 1.54) is 36.0 Å². The Morgan fingerprint density at radius 2 is 1.65 bits per heavy atom. The van der Waals surface area contributed by atoms with Crippen LogP contribution < -0.4 is 10.3 Å². The van der Waals surface area contributed by atoms with Gasteiger partial charge in [0, 0.05) is 6.07 Å². The van der Waals surface area contributed by atoms with E-state index in [9.17, 15) is 53.4 Å². The van der Waals surface area contributed by atoms with Gasteiger partial charge in [-0.2, -0.15) is 8.88 Å². The average Bonchev–Trinajstić information content (AvgIpc) is 3.64. The van der Waals surface area contributed by atoms with Gasteiger partial charge in [0.1, 0.15) is 42.4 Å². The summed E-state index contributed by atoms with van der Waals surface area (Å²) in [6.07, 6.45) is -8.01. The quantitative estimate of drug-likeness (QED) is 0.0544. The normalized spacial score (nSPS) is 30.3. The Morgan fingerprint density at radius 1 is 0.979 bits per heavy atom. The second kappa shape index (κ2) is 13.9. The van der Waals surface area contributed by atoms with E-state index in [4.69, 9.17) is 24.3 Å². The Hall–Kier alpha value is -2.66. The molecule has 0 bridgehead atoms. The van der Waals surface area contributed by atoms with E-state index in [1.54, 1.807) is 0 Å². The van der Waals surface area contributed by atoms with Crippen LogP contribution in [-0.4, -0.2) is 110 Å². The zero-order valence-corrected chi connectivity index (χ0v) is 27.0. The van der Waals surface area contributed by atoms with Crippen LogP contribution in [0.2, 0.25) is 0 Å². The Morgan fingerprint density at radius 3 is 2.29 bits per heavy atom. The number of aromatic nitrogens is 5. The minimum Gasteiger partial charge on any atom is -0.387 e. The first-order chi connectivity index (χ1) is 22.4. The fourth-order valence-electron chi connectivity index (χ4n) is 4.91. The third kappa shape index (κ3) is 8.20. The molecule has 0 saturated carbocycles. The number of phosphoric ester groups is 3. The second-order valence-corrected chi connectivity index (χ2v) is 14.7. The van der Waals surface area contributed by atoms with Crippen molar-refractivity contribution in [2.75, 3.05) is 18.9 Å². The van der Waals surface area contributed by atoms with Gasteiger partial charge in [0.15, 0.2) is 42.0 Å². The van der Waals surface area contributed by atoms with Crippen molar-refractivity contribution < 1.29 is 85.3 Å². The number of pyridine rings is 1.